The molecule has 4 fully saturated rings. The molecule has 6 atom stereocenters. The van der Waals surface area contributed by atoms with Crippen molar-refractivity contribution in [3.63, 3.8) is 0 Å². The first-order chi connectivity index (χ1) is 17.5. The quantitative estimate of drug-likeness (QED) is 0.112. The number of amides is 1. The Kier molecular flexibility index (Phi) is 11.4. The summed E-state index contributed by atoms with van der Waals surface area (Å²) in [5.74, 6) is 0.0361. The lowest BCUT2D eigenvalue weighted by atomic mass is 9.51. The maximum atomic E-state index is 12.6. The van der Waals surface area contributed by atoms with Gasteiger partial charge in [-0.2, -0.15) is 0 Å². The SMILES string of the molecule is CCCCCC12CCC(CC(=O)NCCCOP(=O)(O)C[C@H](O)C[C@H]3N[C@H](CO)[C@@H](O)[C@@H]3O)(CC1)CC2. The van der Waals surface area contributed by atoms with Crippen LogP contribution in [0.4, 0.5) is 0 Å². The van der Waals surface area contributed by atoms with E-state index in [2.05, 4.69) is 17.6 Å². The molecule has 4 aliphatic rings. The van der Waals surface area contributed by atoms with Crippen molar-refractivity contribution in [2.24, 2.45) is 10.8 Å². The third-order valence-corrected chi connectivity index (χ3v) is 10.6. The number of unbranched alkanes of at least 4 members (excludes halogenated alkanes) is 2. The van der Waals surface area contributed by atoms with E-state index in [4.69, 9.17) is 4.52 Å². The Hall–Kier alpha value is -0.580. The summed E-state index contributed by atoms with van der Waals surface area (Å²) in [6, 6.07) is -1.41. The fraction of sp³-hybridized carbons (Fsp3) is 0.962. The van der Waals surface area contributed by atoms with Gasteiger partial charge >= 0.3 is 7.60 Å². The second-order valence-electron chi connectivity index (χ2n) is 11.9. The van der Waals surface area contributed by atoms with E-state index in [1.54, 1.807) is 0 Å². The maximum absolute atomic E-state index is 12.6. The minimum Gasteiger partial charge on any atom is -0.395 e. The van der Waals surface area contributed by atoms with Gasteiger partial charge in [0.2, 0.25) is 5.91 Å². The summed E-state index contributed by atoms with van der Waals surface area (Å²) < 4.78 is 17.4. The molecule has 7 N–H and O–H groups in total. The molecule has 11 heteroatoms. The van der Waals surface area contributed by atoms with Crippen molar-refractivity contribution in [3.8, 4) is 0 Å². The Morgan fingerprint density at radius 2 is 1.68 bits per heavy atom. The minimum absolute atomic E-state index is 0.0260. The second kappa shape index (κ2) is 13.7. The van der Waals surface area contributed by atoms with Crippen LogP contribution in [0.2, 0.25) is 0 Å². The summed E-state index contributed by atoms with van der Waals surface area (Å²) in [5, 5.41) is 45.0. The van der Waals surface area contributed by atoms with Crippen molar-refractivity contribution in [2.75, 3.05) is 25.9 Å². The fourth-order valence-corrected chi connectivity index (χ4v) is 7.85. The molecule has 1 aliphatic heterocycles. The topological polar surface area (TPSA) is 169 Å². The van der Waals surface area contributed by atoms with Crippen molar-refractivity contribution in [1.82, 2.24) is 10.6 Å². The predicted molar refractivity (Wildman–Crippen MR) is 140 cm³/mol. The Bertz CT molecular complexity index is 759. The van der Waals surface area contributed by atoms with E-state index in [1.807, 2.05) is 0 Å². The molecule has 0 spiro atoms. The highest BCUT2D eigenvalue weighted by Crippen LogP contribution is 2.60. The van der Waals surface area contributed by atoms with Crippen molar-refractivity contribution in [2.45, 2.75) is 121 Å². The number of rotatable bonds is 16. The first-order valence-corrected chi connectivity index (χ1v) is 15.9. The number of fused-ring (bicyclic) bond motifs is 3. The zero-order valence-corrected chi connectivity index (χ0v) is 23.2. The normalized spacial score (nSPS) is 35.8. The fourth-order valence-electron chi connectivity index (χ4n) is 6.64. The van der Waals surface area contributed by atoms with Crippen LogP contribution in [-0.2, 0) is 13.9 Å². The molecular formula is C26H49N2O8P. The van der Waals surface area contributed by atoms with Crippen LogP contribution in [0.25, 0.3) is 0 Å². The number of carbonyl (C=O) groups excluding carboxylic acids is 1. The largest absolute Gasteiger partial charge is 0.395 e. The summed E-state index contributed by atoms with van der Waals surface area (Å²) in [6.07, 6.45) is 9.13. The van der Waals surface area contributed by atoms with Crippen molar-refractivity contribution < 1.29 is 39.2 Å². The van der Waals surface area contributed by atoms with E-state index in [0.717, 1.165) is 19.3 Å². The van der Waals surface area contributed by atoms with Crippen molar-refractivity contribution >= 4 is 13.5 Å². The molecule has 37 heavy (non-hydrogen) atoms. The molecule has 3 aliphatic carbocycles. The molecular weight excluding hydrogens is 499 g/mol. The van der Waals surface area contributed by atoms with Gasteiger partial charge in [0, 0.05) is 19.0 Å². The molecule has 4 rings (SSSR count). The van der Waals surface area contributed by atoms with Gasteiger partial charge in [0.15, 0.2) is 0 Å². The molecule has 2 bridgehead atoms. The van der Waals surface area contributed by atoms with Gasteiger partial charge in [-0.3, -0.25) is 9.36 Å². The monoisotopic (exact) mass is 548 g/mol. The van der Waals surface area contributed by atoms with E-state index >= 15 is 0 Å². The van der Waals surface area contributed by atoms with E-state index in [0.29, 0.717) is 24.8 Å². The van der Waals surface area contributed by atoms with E-state index in [-0.39, 0.29) is 31.0 Å². The molecule has 0 radical (unpaired) electrons. The van der Waals surface area contributed by atoms with Crippen LogP contribution in [0.1, 0.15) is 90.4 Å². The number of nitrogens with one attached hydrogen (secondary N) is 2. The number of carbonyl (C=O) groups is 1. The van der Waals surface area contributed by atoms with Gasteiger partial charge in [-0.25, -0.2) is 0 Å². The molecule has 1 heterocycles. The number of hydrogen-bond donors (Lipinski definition) is 7. The Morgan fingerprint density at radius 3 is 2.27 bits per heavy atom. The highest BCUT2D eigenvalue weighted by atomic mass is 31.2. The molecule has 0 aromatic carbocycles. The summed E-state index contributed by atoms with van der Waals surface area (Å²) >= 11 is 0. The smallest absolute Gasteiger partial charge is 0.330 e. The average molecular weight is 549 g/mol. The van der Waals surface area contributed by atoms with Crippen LogP contribution in [0.15, 0.2) is 0 Å². The van der Waals surface area contributed by atoms with Crippen LogP contribution >= 0.6 is 7.60 Å². The zero-order valence-electron chi connectivity index (χ0n) is 22.3. The lowest BCUT2D eigenvalue weighted by Gasteiger charge is -2.53. The second-order valence-corrected chi connectivity index (χ2v) is 13.8. The molecule has 216 valence electrons. The lowest BCUT2D eigenvalue weighted by molar-refractivity contribution is -0.127. The van der Waals surface area contributed by atoms with Crippen LogP contribution in [0.3, 0.4) is 0 Å². The van der Waals surface area contributed by atoms with E-state index < -0.39 is 44.2 Å². The molecule has 10 nitrogen and oxygen atoms in total. The first-order valence-electron chi connectivity index (χ1n) is 14.2. The van der Waals surface area contributed by atoms with Gasteiger partial charge < -0.3 is 40.5 Å². The first kappa shape index (κ1) is 31.0. The third-order valence-electron chi connectivity index (χ3n) is 9.11. The Morgan fingerprint density at radius 1 is 1.05 bits per heavy atom. The summed E-state index contributed by atoms with van der Waals surface area (Å²) in [4.78, 5) is 22.7. The van der Waals surface area contributed by atoms with E-state index in [1.165, 1.54) is 44.9 Å². The Balaban J connectivity index is 1.29. The van der Waals surface area contributed by atoms with Crippen LogP contribution in [-0.4, -0.2) is 87.5 Å². The zero-order chi connectivity index (χ0) is 27.1. The lowest BCUT2D eigenvalue weighted by Crippen LogP contribution is -2.44. The molecule has 1 saturated heterocycles. The third kappa shape index (κ3) is 8.70. The minimum atomic E-state index is -4.07. The van der Waals surface area contributed by atoms with Gasteiger partial charge in [-0.15, -0.1) is 0 Å². The van der Waals surface area contributed by atoms with Crippen LogP contribution in [0, 0.1) is 10.8 Å². The van der Waals surface area contributed by atoms with Gasteiger partial charge in [0.1, 0.15) is 0 Å². The van der Waals surface area contributed by atoms with Gasteiger partial charge in [-0.1, -0.05) is 26.2 Å². The van der Waals surface area contributed by atoms with Gasteiger partial charge in [0.25, 0.3) is 0 Å². The van der Waals surface area contributed by atoms with Crippen LogP contribution < -0.4 is 10.6 Å². The maximum Gasteiger partial charge on any atom is 0.330 e. The molecule has 0 aromatic rings. The predicted octanol–water partition coefficient (Wildman–Crippen LogP) is 1.81. The Labute approximate surface area is 221 Å². The highest BCUT2D eigenvalue weighted by molar-refractivity contribution is 7.52. The standard InChI is InChI=1S/C26H49N2O8P/c1-2-3-4-6-25-7-10-26(11-8-25,12-9-25)16-22(31)27-13-5-14-36-37(34,35)18-19(30)15-20-23(32)24(33)21(17-29)28-20/h19-21,23-24,28-30,32-33H,2-18H2,1H3,(H,27,31)(H,34,35)/t19-,20-,21-,23-,24-,25?,26?/m1/s1. The van der Waals surface area contributed by atoms with Crippen LogP contribution in [0.5, 0.6) is 0 Å². The summed E-state index contributed by atoms with van der Waals surface area (Å²) in [6.45, 7) is 2.20. The number of hydrogen-bond acceptors (Lipinski definition) is 8. The molecule has 0 aromatic heterocycles. The molecule has 1 unspecified atom stereocenters. The van der Waals surface area contributed by atoms with Gasteiger partial charge in [-0.05, 0) is 68.6 Å². The average Bonchev–Trinajstić information content (AvgIpc) is 3.12. The van der Waals surface area contributed by atoms with E-state index in [9.17, 15) is 34.7 Å². The molecule has 3 saturated carbocycles. The number of aliphatic hydroxyl groups excluding tert-OH is 4. The summed E-state index contributed by atoms with van der Waals surface area (Å²) in [7, 11) is -4.07. The molecule has 1 amide bonds. The number of aliphatic hydroxyl groups is 4. The van der Waals surface area contributed by atoms with Crippen molar-refractivity contribution in [3.05, 3.63) is 0 Å². The summed E-state index contributed by atoms with van der Waals surface area (Å²) in [5.41, 5.74) is 0.659. The van der Waals surface area contributed by atoms with Crippen molar-refractivity contribution in [1.29, 1.82) is 0 Å². The van der Waals surface area contributed by atoms with Gasteiger partial charge in [0.05, 0.1) is 43.7 Å². The highest BCUT2D eigenvalue weighted by Gasteiger charge is 2.48.